The Bertz CT molecular complexity index is 582. The smallest absolute Gasteiger partial charge is 0.241 e. The fraction of sp³-hybridized carbons (Fsp3) is 0.417. The van der Waals surface area contributed by atoms with Crippen molar-refractivity contribution in [2.45, 2.75) is 37.1 Å². The van der Waals surface area contributed by atoms with E-state index >= 15 is 0 Å². The minimum Gasteiger partial charge on any atom is -0.392 e. The van der Waals surface area contributed by atoms with Crippen LogP contribution < -0.4 is 10.5 Å². The Morgan fingerprint density at radius 3 is 2.72 bits per heavy atom. The summed E-state index contributed by atoms with van der Waals surface area (Å²) in [5, 5.41) is 0. The number of nitrogens with one attached hydrogen (secondary N) is 1. The molecule has 98 valence electrons. The minimum atomic E-state index is -3.54. The molecule has 4 nitrogen and oxygen atoms in total. The monoisotopic (exact) mass is 284 g/mol. The molecule has 2 rings (SSSR count). The molecule has 0 amide bonds. The van der Waals surface area contributed by atoms with E-state index in [1.807, 2.05) is 6.07 Å². The van der Waals surface area contributed by atoms with Crippen molar-refractivity contribution in [3.05, 3.63) is 29.3 Å². The van der Waals surface area contributed by atoms with Crippen LogP contribution in [-0.2, 0) is 22.9 Å². The quantitative estimate of drug-likeness (QED) is 0.813. The molecule has 1 aliphatic carbocycles. The Morgan fingerprint density at radius 2 is 2.06 bits per heavy atom. The number of hydrogen-bond donors (Lipinski definition) is 2. The molecule has 0 radical (unpaired) electrons. The third-order valence-corrected chi connectivity index (χ3v) is 5.03. The summed E-state index contributed by atoms with van der Waals surface area (Å²) in [5.41, 5.74) is 7.79. The Hall–Kier alpha value is -0.980. The van der Waals surface area contributed by atoms with Crippen molar-refractivity contribution in [2.75, 3.05) is 0 Å². The number of aryl methyl sites for hydroxylation is 2. The van der Waals surface area contributed by atoms with Gasteiger partial charge >= 0.3 is 0 Å². The number of benzene rings is 1. The lowest BCUT2D eigenvalue weighted by molar-refractivity contribution is 0.578. The van der Waals surface area contributed by atoms with Gasteiger partial charge < -0.3 is 5.73 Å². The van der Waals surface area contributed by atoms with Crippen molar-refractivity contribution in [3.8, 4) is 0 Å². The molecule has 0 saturated heterocycles. The average Bonchev–Trinajstić information content (AvgIpc) is 2.74. The fourth-order valence-electron chi connectivity index (χ4n) is 2.07. The molecule has 0 aliphatic heterocycles. The van der Waals surface area contributed by atoms with Gasteiger partial charge in [-0.15, -0.1) is 0 Å². The van der Waals surface area contributed by atoms with Crippen LogP contribution in [0.5, 0.6) is 0 Å². The van der Waals surface area contributed by atoms with Gasteiger partial charge in [-0.3, -0.25) is 0 Å². The molecule has 1 aromatic carbocycles. The van der Waals surface area contributed by atoms with Gasteiger partial charge in [0.15, 0.2) is 0 Å². The Labute approximate surface area is 113 Å². The normalized spacial score (nSPS) is 16.3. The highest BCUT2D eigenvalue weighted by Crippen LogP contribution is 2.24. The SMILES string of the molecule is CC(NS(=O)(=O)c1ccc2c(c1)CCC2)C(N)=S. The van der Waals surface area contributed by atoms with Crippen LogP contribution in [-0.4, -0.2) is 19.4 Å². The third-order valence-electron chi connectivity index (χ3n) is 3.14. The zero-order chi connectivity index (χ0) is 13.3. The summed E-state index contributed by atoms with van der Waals surface area (Å²) in [6, 6.07) is 4.73. The highest BCUT2D eigenvalue weighted by Gasteiger charge is 2.21. The van der Waals surface area contributed by atoms with Crippen molar-refractivity contribution < 1.29 is 8.42 Å². The second-order valence-electron chi connectivity index (χ2n) is 4.53. The van der Waals surface area contributed by atoms with Gasteiger partial charge in [-0.2, -0.15) is 0 Å². The lowest BCUT2D eigenvalue weighted by Crippen LogP contribution is -2.41. The molecular formula is C12H16N2O2S2. The maximum absolute atomic E-state index is 12.1. The summed E-state index contributed by atoms with van der Waals surface area (Å²) >= 11 is 4.77. The maximum Gasteiger partial charge on any atom is 0.241 e. The minimum absolute atomic E-state index is 0.139. The molecule has 0 fully saturated rings. The first-order valence-corrected chi connectivity index (χ1v) is 7.73. The average molecular weight is 284 g/mol. The van der Waals surface area contributed by atoms with Crippen LogP contribution in [0.4, 0.5) is 0 Å². The molecule has 1 aromatic rings. The Kier molecular flexibility index (Phi) is 3.70. The van der Waals surface area contributed by atoms with Gasteiger partial charge in [0, 0.05) is 0 Å². The molecule has 0 spiro atoms. The summed E-state index contributed by atoms with van der Waals surface area (Å²) in [6.45, 7) is 1.63. The highest BCUT2D eigenvalue weighted by molar-refractivity contribution is 7.89. The van der Waals surface area contributed by atoms with Crippen molar-refractivity contribution >= 4 is 27.2 Å². The number of sulfonamides is 1. The van der Waals surface area contributed by atoms with E-state index in [1.54, 1.807) is 19.1 Å². The highest BCUT2D eigenvalue weighted by atomic mass is 32.2. The van der Waals surface area contributed by atoms with E-state index in [1.165, 1.54) is 5.56 Å². The van der Waals surface area contributed by atoms with Gasteiger partial charge in [0.25, 0.3) is 0 Å². The lowest BCUT2D eigenvalue weighted by Gasteiger charge is -2.13. The van der Waals surface area contributed by atoms with Gasteiger partial charge in [0.1, 0.15) is 0 Å². The summed E-state index contributed by atoms with van der Waals surface area (Å²) in [4.78, 5) is 0.422. The van der Waals surface area contributed by atoms with Crippen molar-refractivity contribution in [1.82, 2.24) is 4.72 Å². The van der Waals surface area contributed by atoms with Crippen LogP contribution in [0.3, 0.4) is 0 Å². The zero-order valence-electron chi connectivity index (χ0n) is 10.1. The standard InChI is InChI=1S/C12H16N2O2S2/c1-8(12(13)17)14-18(15,16)11-6-5-9-3-2-4-10(9)7-11/h5-8,14H,2-4H2,1H3,(H2,13,17). The maximum atomic E-state index is 12.1. The van der Waals surface area contributed by atoms with Crippen LogP contribution in [0, 0.1) is 0 Å². The van der Waals surface area contributed by atoms with Gasteiger partial charge in [0.05, 0.1) is 15.9 Å². The van der Waals surface area contributed by atoms with Crippen molar-refractivity contribution in [2.24, 2.45) is 5.73 Å². The predicted octanol–water partition coefficient (Wildman–Crippen LogP) is 1.13. The molecule has 18 heavy (non-hydrogen) atoms. The third kappa shape index (κ3) is 2.71. The number of fused-ring (bicyclic) bond motifs is 1. The molecule has 1 atom stereocenters. The van der Waals surface area contributed by atoms with Gasteiger partial charge in [-0.25, -0.2) is 13.1 Å². The van der Waals surface area contributed by atoms with E-state index in [2.05, 4.69) is 4.72 Å². The van der Waals surface area contributed by atoms with E-state index < -0.39 is 16.1 Å². The second-order valence-corrected chi connectivity index (χ2v) is 6.71. The van der Waals surface area contributed by atoms with E-state index in [-0.39, 0.29) is 9.88 Å². The first kappa shape index (κ1) is 13.5. The van der Waals surface area contributed by atoms with Crippen LogP contribution in [0.25, 0.3) is 0 Å². The molecule has 0 saturated carbocycles. The van der Waals surface area contributed by atoms with E-state index in [9.17, 15) is 8.42 Å². The van der Waals surface area contributed by atoms with Crippen LogP contribution in [0.15, 0.2) is 23.1 Å². The molecule has 0 heterocycles. The van der Waals surface area contributed by atoms with Crippen LogP contribution in [0.2, 0.25) is 0 Å². The summed E-state index contributed by atoms with van der Waals surface area (Å²) < 4.78 is 26.7. The Morgan fingerprint density at radius 1 is 1.39 bits per heavy atom. The largest absolute Gasteiger partial charge is 0.392 e. The summed E-state index contributed by atoms with van der Waals surface area (Å²) in [5.74, 6) is 0. The van der Waals surface area contributed by atoms with Crippen LogP contribution >= 0.6 is 12.2 Å². The van der Waals surface area contributed by atoms with E-state index in [4.69, 9.17) is 18.0 Å². The van der Waals surface area contributed by atoms with Gasteiger partial charge in [-0.05, 0) is 49.4 Å². The van der Waals surface area contributed by atoms with Crippen LogP contribution in [0.1, 0.15) is 24.5 Å². The lowest BCUT2D eigenvalue weighted by atomic mass is 10.1. The first-order chi connectivity index (χ1) is 8.40. The zero-order valence-corrected chi connectivity index (χ0v) is 11.8. The van der Waals surface area contributed by atoms with E-state index in [0.717, 1.165) is 24.8 Å². The Balaban J connectivity index is 2.28. The van der Waals surface area contributed by atoms with Crippen molar-refractivity contribution in [3.63, 3.8) is 0 Å². The number of nitrogens with two attached hydrogens (primary N) is 1. The summed E-state index contributed by atoms with van der Waals surface area (Å²) in [7, 11) is -3.54. The second kappa shape index (κ2) is 4.95. The number of hydrogen-bond acceptors (Lipinski definition) is 3. The molecular weight excluding hydrogens is 268 g/mol. The topological polar surface area (TPSA) is 72.2 Å². The fourth-order valence-corrected chi connectivity index (χ4v) is 3.48. The molecule has 3 N–H and O–H groups in total. The van der Waals surface area contributed by atoms with Crippen molar-refractivity contribution in [1.29, 1.82) is 0 Å². The number of rotatable bonds is 4. The molecule has 0 aromatic heterocycles. The molecule has 1 aliphatic rings. The molecule has 0 bridgehead atoms. The molecule has 6 heteroatoms. The molecule has 1 unspecified atom stereocenters. The predicted molar refractivity (Wildman–Crippen MR) is 75.0 cm³/mol. The number of thiocarbonyl (C=S) groups is 1. The first-order valence-electron chi connectivity index (χ1n) is 5.83. The summed E-state index contributed by atoms with van der Waals surface area (Å²) in [6.07, 6.45) is 3.07. The van der Waals surface area contributed by atoms with E-state index in [0.29, 0.717) is 0 Å². The van der Waals surface area contributed by atoms with Gasteiger partial charge in [0.2, 0.25) is 10.0 Å². The van der Waals surface area contributed by atoms with Gasteiger partial charge in [-0.1, -0.05) is 18.3 Å².